The first kappa shape index (κ1) is 21.2. The summed E-state index contributed by atoms with van der Waals surface area (Å²) in [5, 5.41) is 3.22. The maximum absolute atomic E-state index is 12.8. The molecule has 5 heteroatoms. The molecule has 164 valence electrons. The van der Waals surface area contributed by atoms with E-state index in [-0.39, 0.29) is 11.3 Å². The van der Waals surface area contributed by atoms with Gasteiger partial charge in [-0.2, -0.15) is 0 Å². The van der Waals surface area contributed by atoms with Gasteiger partial charge in [0.25, 0.3) is 0 Å². The van der Waals surface area contributed by atoms with E-state index in [1.165, 1.54) is 32.1 Å². The van der Waals surface area contributed by atoms with Crippen LogP contribution >= 0.6 is 0 Å². The number of rotatable bonds is 7. The molecule has 0 unspecified atom stereocenters. The molecule has 1 aromatic rings. The summed E-state index contributed by atoms with van der Waals surface area (Å²) in [6.45, 7) is 1.62. The van der Waals surface area contributed by atoms with Gasteiger partial charge < -0.3 is 15.0 Å². The van der Waals surface area contributed by atoms with Crippen molar-refractivity contribution in [1.82, 2.24) is 10.2 Å². The predicted molar refractivity (Wildman–Crippen MR) is 117 cm³/mol. The molecule has 4 rings (SSSR count). The van der Waals surface area contributed by atoms with E-state index >= 15 is 0 Å². The number of nitrogens with zero attached hydrogens (tertiary/aromatic N) is 1. The molecule has 2 atom stereocenters. The molecule has 3 fully saturated rings. The van der Waals surface area contributed by atoms with E-state index in [1.54, 1.807) is 7.11 Å². The van der Waals surface area contributed by atoms with Crippen LogP contribution in [0.5, 0.6) is 5.75 Å². The van der Waals surface area contributed by atoms with Crippen LogP contribution in [0.1, 0.15) is 69.8 Å². The maximum Gasteiger partial charge on any atom is 0.224 e. The second kappa shape index (κ2) is 9.40. The number of likely N-dealkylation sites (tertiary alicyclic amines) is 1. The summed E-state index contributed by atoms with van der Waals surface area (Å²) >= 11 is 0. The second-order valence-corrected chi connectivity index (χ2v) is 9.63. The number of nitrogens with one attached hydrogen (secondary N) is 1. The zero-order valence-electron chi connectivity index (χ0n) is 18.3. The zero-order chi connectivity index (χ0) is 21.0. The Morgan fingerprint density at radius 1 is 1.17 bits per heavy atom. The summed E-state index contributed by atoms with van der Waals surface area (Å²) in [4.78, 5) is 27.7. The number of methoxy groups -OCH3 is 1. The Balaban J connectivity index is 1.38. The van der Waals surface area contributed by atoms with E-state index in [1.807, 2.05) is 24.3 Å². The fourth-order valence-electron chi connectivity index (χ4n) is 6.05. The third-order valence-electron chi connectivity index (χ3n) is 7.71. The van der Waals surface area contributed by atoms with Crippen molar-refractivity contribution < 1.29 is 14.3 Å². The average molecular weight is 413 g/mol. The third-order valence-corrected chi connectivity index (χ3v) is 7.71. The Morgan fingerprint density at radius 2 is 2.00 bits per heavy atom. The standard InChI is InChI=1S/C25H36N2O3/c1-30-21-10-5-9-20(15-21)16-23(28)26-18-25-13-6-11-22(25)27(24(29)12-14-25)17-19-7-3-2-4-8-19/h5,9-10,15,19,22H,2-4,6-8,11-14,16-18H2,1H3,(H,26,28)/t22-,25+/m1/s1. The number of carbonyl (C=O) groups excluding carboxylic acids is 2. The Kier molecular flexibility index (Phi) is 6.64. The van der Waals surface area contributed by atoms with Gasteiger partial charge >= 0.3 is 0 Å². The monoisotopic (exact) mass is 412 g/mol. The molecule has 1 saturated heterocycles. The van der Waals surface area contributed by atoms with Crippen LogP contribution in [-0.2, 0) is 16.0 Å². The summed E-state index contributed by atoms with van der Waals surface area (Å²) in [5.74, 6) is 1.84. The van der Waals surface area contributed by atoms with Gasteiger partial charge in [0.05, 0.1) is 13.5 Å². The molecule has 5 nitrogen and oxygen atoms in total. The molecule has 2 amide bonds. The number of piperidine rings is 1. The third kappa shape index (κ3) is 4.65. The lowest BCUT2D eigenvalue weighted by molar-refractivity contribution is -0.143. The van der Waals surface area contributed by atoms with Crippen molar-refractivity contribution in [3.05, 3.63) is 29.8 Å². The first-order chi connectivity index (χ1) is 14.6. The van der Waals surface area contributed by atoms with Gasteiger partial charge in [0.2, 0.25) is 11.8 Å². The van der Waals surface area contributed by atoms with Gasteiger partial charge in [-0.25, -0.2) is 0 Å². The largest absolute Gasteiger partial charge is 0.497 e. The molecule has 0 aromatic heterocycles. The number of amides is 2. The summed E-state index contributed by atoms with van der Waals surface area (Å²) < 4.78 is 5.26. The van der Waals surface area contributed by atoms with E-state index in [4.69, 9.17) is 4.74 Å². The minimum Gasteiger partial charge on any atom is -0.497 e. The van der Waals surface area contributed by atoms with Crippen LogP contribution in [0.3, 0.4) is 0 Å². The second-order valence-electron chi connectivity index (χ2n) is 9.63. The molecule has 3 aliphatic rings. The number of hydrogen-bond donors (Lipinski definition) is 1. The highest BCUT2D eigenvalue weighted by Gasteiger charge is 2.50. The molecule has 2 saturated carbocycles. The quantitative estimate of drug-likeness (QED) is 0.734. The lowest BCUT2D eigenvalue weighted by Crippen LogP contribution is -2.57. The van der Waals surface area contributed by atoms with Crippen LogP contribution in [0.15, 0.2) is 24.3 Å². The fraction of sp³-hybridized carbons (Fsp3) is 0.680. The average Bonchev–Trinajstić information content (AvgIpc) is 3.20. The van der Waals surface area contributed by atoms with Crippen LogP contribution in [0.2, 0.25) is 0 Å². The van der Waals surface area contributed by atoms with Gasteiger partial charge in [-0.3, -0.25) is 9.59 Å². The SMILES string of the molecule is COc1cccc(CC(=O)NC[C@@]23CCC[C@H]2N(CC2CCCCC2)C(=O)CC3)c1. The van der Waals surface area contributed by atoms with Crippen LogP contribution in [0, 0.1) is 11.3 Å². The molecular formula is C25H36N2O3. The first-order valence-corrected chi connectivity index (χ1v) is 11.8. The van der Waals surface area contributed by atoms with Gasteiger partial charge in [0.15, 0.2) is 0 Å². The van der Waals surface area contributed by atoms with Crippen molar-refractivity contribution >= 4 is 11.8 Å². The van der Waals surface area contributed by atoms with Gasteiger partial charge in [0.1, 0.15) is 5.75 Å². The van der Waals surface area contributed by atoms with Crippen LogP contribution in [-0.4, -0.2) is 43.0 Å². The molecule has 0 bridgehead atoms. The van der Waals surface area contributed by atoms with Crippen LogP contribution in [0.25, 0.3) is 0 Å². The highest BCUT2D eigenvalue weighted by Crippen LogP contribution is 2.48. The topological polar surface area (TPSA) is 58.6 Å². The molecule has 2 aliphatic carbocycles. The number of carbonyl (C=O) groups is 2. The maximum atomic E-state index is 12.8. The normalized spacial score (nSPS) is 27.0. The predicted octanol–water partition coefficient (Wildman–Crippen LogP) is 4.10. The van der Waals surface area contributed by atoms with Gasteiger partial charge in [-0.15, -0.1) is 0 Å². The summed E-state index contributed by atoms with van der Waals surface area (Å²) in [6.07, 6.45) is 11.8. The summed E-state index contributed by atoms with van der Waals surface area (Å²) in [6, 6.07) is 8.00. The van der Waals surface area contributed by atoms with Crippen molar-refractivity contribution in [2.24, 2.45) is 11.3 Å². The van der Waals surface area contributed by atoms with Crippen LogP contribution < -0.4 is 10.1 Å². The number of ether oxygens (including phenoxy) is 1. The lowest BCUT2D eigenvalue weighted by Gasteiger charge is -2.47. The minimum atomic E-state index is 0.0546. The Labute approximate surface area is 180 Å². The summed E-state index contributed by atoms with van der Waals surface area (Å²) in [5.41, 5.74) is 1.03. The molecule has 1 aromatic carbocycles. The lowest BCUT2D eigenvalue weighted by atomic mass is 9.74. The summed E-state index contributed by atoms with van der Waals surface area (Å²) in [7, 11) is 1.64. The van der Waals surface area contributed by atoms with Crippen molar-refractivity contribution in [2.75, 3.05) is 20.2 Å². The van der Waals surface area contributed by atoms with Crippen molar-refractivity contribution in [2.45, 2.75) is 76.7 Å². The molecule has 0 radical (unpaired) electrons. The highest BCUT2D eigenvalue weighted by molar-refractivity contribution is 5.79. The van der Waals surface area contributed by atoms with Gasteiger partial charge in [0, 0.05) is 31.0 Å². The fourth-order valence-corrected chi connectivity index (χ4v) is 6.05. The smallest absolute Gasteiger partial charge is 0.224 e. The van der Waals surface area contributed by atoms with E-state index in [9.17, 15) is 9.59 Å². The van der Waals surface area contributed by atoms with Crippen molar-refractivity contribution in [1.29, 1.82) is 0 Å². The Morgan fingerprint density at radius 3 is 2.80 bits per heavy atom. The van der Waals surface area contributed by atoms with E-state index in [0.29, 0.717) is 37.3 Å². The molecular weight excluding hydrogens is 376 g/mol. The van der Waals surface area contributed by atoms with Crippen molar-refractivity contribution in [3.8, 4) is 5.75 Å². The highest BCUT2D eigenvalue weighted by atomic mass is 16.5. The van der Waals surface area contributed by atoms with Crippen LogP contribution in [0.4, 0.5) is 0 Å². The molecule has 1 aliphatic heterocycles. The number of benzene rings is 1. The van der Waals surface area contributed by atoms with Gasteiger partial charge in [-0.1, -0.05) is 37.8 Å². The minimum absolute atomic E-state index is 0.0546. The molecule has 1 N–H and O–H groups in total. The Bertz CT molecular complexity index is 759. The number of fused-ring (bicyclic) bond motifs is 1. The zero-order valence-corrected chi connectivity index (χ0v) is 18.3. The van der Waals surface area contributed by atoms with E-state index < -0.39 is 0 Å². The Hall–Kier alpha value is -2.04. The van der Waals surface area contributed by atoms with E-state index in [2.05, 4.69) is 10.2 Å². The van der Waals surface area contributed by atoms with Gasteiger partial charge in [-0.05, 0) is 55.7 Å². The molecule has 0 spiro atoms. The molecule has 30 heavy (non-hydrogen) atoms. The first-order valence-electron chi connectivity index (χ1n) is 11.8. The van der Waals surface area contributed by atoms with E-state index in [0.717, 1.165) is 43.5 Å². The molecule has 1 heterocycles. The number of hydrogen-bond acceptors (Lipinski definition) is 3. The van der Waals surface area contributed by atoms with Crippen molar-refractivity contribution in [3.63, 3.8) is 0 Å².